The Morgan fingerprint density at radius 1 is 1.32 bits per heavy atom. The Morgan fingerprint density at radius 2 is 2.08 bits per heavy atom. The van der Waals surface area contributed by atoms with Gasteiger partial charge in [-0.25, -0.2) is 0 Å². The summed E-state index contributed by atoms with van der Waals surface area (Å²) < 4.78 is 13.2. The van der Waals surface area contributed by atoms with Crippen LogP contribution in [0.25, 0.3) is 0 Å². The number of fused-ring (bicyclic) bond motifs is 1. The Morgan fingerprint density at radius 3 is 2.80 bits per heavy atom. The van der Waals surface area contributed by atoms with E-state index in [0.717, 1.165) is 37.4 Å². The van der Waals surface area contributed by atoms with Gasteiger partial charge in [0.15, 0.2) is 5.69 Å². The first-order valence-corrected chi connectivity index (χ1v) is 8.54. The molecule has 0 saturated carbocycles. The lowest BCUT2D eigenvalue weighted by Crippen LogP contribution is -2.49. The van der Waals surface area contributed by atoms with E-state index in [1.807, 2.05) is 22.9 Å². The molecule has 1 aromatic heterocycles. The number of methoxy groups -OCH3 is 1. The van der Waals surface area contributed by atoms with E-state index in [4.69, 9.17) is 9.47 Å². The maximum Gasteiger partial charge on any atom is 0.276 e. The molecule has 0 radical (unpaired) electrons. The summed E-state index contributed by atoms with van der Waals surface area (Å²) in [6.07, 6.45) is 1.94. The molecule has 1 saturated heterocycles. The van der Waals surface area contributed by atoms with Crippen molar-refractivity contribution < 1.29 is 14.3 Å². The summed E-state index contributed by atoms with van der Waals surface area (Å²) in [5.41, 5.74) is 1.93. The Labute approximate surface area is 146 Å². The first kappa shape index (κ1) is 16.1. The lowest BCUT2D eigenvalue weighted by Gasteiger charge is -2.40. The third-order valence-electron chi connectivity index (χ3n) is 4.92. The topological polar surface area (TPSA) is 77.4 Å². The molecule has 0 aliphatic carbocycles. The number of ether oxygens (including phenoxy) is 2. The average Bonchev–Trinajstić information content (AvgIpc) is 3.06. The van der Waals surface area contributed by atoms with Crippen molar-refractivity contribution in [2.45, 2.75) is 31.6 Å². The molecule has 1 fully saturated rings. The van der Waals surface area contributed by atoms with Crippen molar-refractivity contribution in [1.29, 1.82) is 0 Å². The van der Waals surface area contributed by atoms with Crippen LogP contribution in [-0.2, 0) is 17.9 Å². The molecule has 1 amide bonds. The van der Waals surface area contributed by atoms with E-state index in [-0.39, 0.29) is 11.5 Å². The van der Waals surface area contributed by atoms with Crippen molar-refractivity contribution in [3.05, 3.63) is 41.7 Å². The summed E-state index contributed by atoms with van der Waals surface area (Å²) in [5.74, 6) is 0.534. The molecule has 2 aliphatic rings. The number of carbonyl (C=O) groups is 1. The first-order chi connectivity index (χ1) is 12.2. The predicted octanol–water partition coefficient (Wildman–Crippen LogP) is 1.80. The van der Waals surface area contributed by atoms with Gasteiger partial charge in [0.05, 0.1) is 31.6 Å². The number of amides is 1. The number of piperidine rings is 1. The monoisotopic (exact) mass is 342 g/mol. The van der Waals surface area contributed by atoms with Crippen LogP contribution in [0, 0.1) is 0 Å². The zero-order chi connectivity index (χ0) is 17.3. The van der Waals surface area contributed by atoms with Crippen molar-refractivity contribution in [2.75, 3.05) is 25.5 Å². The zero-order valence-corrected chi connectivity index (χ0v) is 14.2. The van der Waals surface area contributed by atoms with Gasteiger partial charge >= 0.3 is 0 Å². The van der Waals surface area contributed by atoms with Crippen molar-refractivity contribution >= 4 is 11.6 Å². The largest absolute Gasteiger partial charge is 0.497 e. The molecule has 2 aliphatic heterocycles. The SMILES string of the molecule is COc1ccc(NC(=O)c2cc3n(n2)CC2(CCNCC2)OC3)cc1. The van der Waals surface area contributed by atoms with Gasteiger partial charge in [-0.05, 0) is 56.3 Å². The highest BCUT2D eigenvalue weighted by Gasteiger charge is 2.38. The molecule has 132 valence electrons. The van der Waals surface area contributed by atoms with Crippen molar-refractivity contribution in [1.82, 2.24) is 15.1 Å². The van der Waals surface area contributed by atoms with Crippen LogP contribution in [0.5, 0.6) is 5.75 Å². The van der Waals surface area contributed by atoms with Gasteiger partial charge in [0.1, 0.15) is 5.75 Å². The minimum Gasteiger partial charge on any atom is -0.497 e. The minimum absolute atomic E-state index is 0.145. The van der Waals surface area contributed by atoms with Crippen LogP contribution in [0.1, 0.15) is 29.0 Å². The molecular formula is C18H22N4O3. The predicted molar refractivity (Wildman–Crippen MR) is 92.8 cm³/mol. The quantitative estimate of drug-likeness (QED) is 0.889. The second kappa shape index (κ2) is 6.50. The number of nitrogens with one attached hydrogen (secondary N) is 2. The maximum atomic E-state index is 12.5. The number of aromatic nitrogens is 2. The second-order valence-electron chi connectivity index (χ2n) is 6.58. The number of rotatable bonds is 3. The Bertz CT molecular complexity index is 763. The first-order valence-electron chi connectivity index (χ1n) is 8.54. The summed E-state index contributed by atoms with van der Waals surface area (Å²) in [4.78, 5) is 12.5. The molecular weight excluding hydrogens is 320 g/mol. The van der Waals surface area contributed by atoms with Crippen molar-refractivity contribution in [3.63, 3.8) is 0 Å². The Hall–Kier alpha value is -2.38. The molecule has 0 bridgehead atoms. The highest BCUT2D eigenvalue weighted by Crippen LogP contribution is 2.31. The van der Waals surface area contributed by atoms with E-state index in [1.54, 1.807) is 19.2 Å². The summed E-state index contributed by atoms with van der Waals surface area (Å²) in [5, 5.41) is 10.7. The molecule has 2 aromatic rings. The molecule has 7 nitrogen and oxygen atoms in total. The number of hydrogen-bond acceptors (Lipinski definition) is 5. The molecule has 1 spiro atoms. The smallest absolute Gasteiger partial charge is 0.276 e. The number of carbonyl (C=O) groups excluding carboxylic acids is 1. The number of benzene rings is 1. The summed E-state index contributed by atoms with van der Waals surface area (Å²) >= 11 is 0. The highest BCUT2D eigenvalue weighted by molar-refractivity contribution is 6.02. The van der Waals surface area contributed by atoms with E-state index < -0.39 is 0 Å². The standard InChI is InChI=1S/C18H22N4O3/c1-24-15-4-2-13(3-5-15)20-17(23)16-10-14-11-25-18(12-22(14)21-16)6-8-19-9-7-18/h2-5,10,19H,6-9,11-12H2,1H3,(H,20,23). The van der Waals surface area contributed by atoms with Crippen molar-refractivity contribution in [2.24, 2.45) is 0 Å². The van der Waals surface area contributed by atoms with E-state index >= 15 is 0 Å². The van der Waals surface area contributed by atoms with Crippen LogP contribution in [0.15, 0.2) is 30.3 Å². The van der Waals surface area contributed by atoms with Gasteiger partial charge in [0.25, 0.3) is 5.91 Å². The van der Waals surface area contributed by atoms with E-state index in [2.05, 4.69) is 15.7 Å². The number of anilines is 1. The van der Waals surface area contributed by atoms with Gasteiger partial charge in [0, 0.05) is 5.69 Å². The minimum atomic E-state index is -0.216. The van der Waals surface area contributed by atoms with E-state index in [0.29, 0.717) is 24.5 Å². The lowest BCUT2D eigenvalue weighted by atomic mass is 9.91. The van der Waals surface area contributed by atoms with Gasteiger partial charge in [0.2, 0.25) is 0 Å². The number of hydrogen-bond donors (Lipinski definition) is 2. The van der Waals surface area contributed by atoms with Gasteiger partial charge in [-0.2, -0.15) is 5.10 Å². The van der Waals surface area contributed by atoms with Crippen LogP contribution >= 0.6 is 0 Å². The molecule has 0 unspecified atom stereocenters. The van der Waals surface area contributed by atoms with Crippen LogP contribution < -0.4 is 15.4 Å². The van der Waals surface area contributed by atoms with Crippen LogP contribution in [0.2, 0.25) is 0 Å². The molecule has 0 atom stereocenters. The van der Waals surface area contributed by atoms with Crippen LogP contribution in [0.3, 0.4) is 0 Å². The third-order valence-corrected chi connectivity index (χ3v) is 4.92. The fourth-order valence-electron chi connectivity index (χ4n) is 3.42. The van der Waals surface area contributed by atoms with Crippen LogP contribution in [-0.4, -0.2) is 41.5 Å². The summed E-state index contributed by atoms with van der Waals surface area (Å²) in [6.45, 7) is 3.13. The molecule has 4 rings (SSSR count). The third kappa shape index (κ3) is 3.25. The maximum absolute atomic E-state index is 12.5. The van der Waals surface area contributed by atoms with Gasteiger partial charge in [-0.15, -0.1) is 0 Å². The fourth-order valence-corrected chi connectivity index (χ4v) is 3.42. The summed E-state index contributed by atoms with van der Waals surface area (Å²) in [6, 6.07) is 9.04. The molecule has 3 heterocycles. The van der Waals surface area contributed by atoms with Gasteiger partial charge in [-0.1, -0.05) is 0 Å². The Kier molecular flexibility index (Phi) is 4.19. The zero-order valence-electron chi connectivity index (χ0n) is 14.2. The van der Waals surface area contributed by atoms with Gasteiger partial charge < -0.3 is 20.1 Å². The Balaban J connectivity index is 1.47. The summed E-state index contributed by atoms with van der Waals surface area (Å²) in [7, 11) is 1.61. The molecule has 2 N–H and O–H groups in total. The molecule has 1 aromatic carbocycles. The second-order valence-corrected chi connectivity index (χ2v) is 6.58. The van der Waals surface area contributed by atoms with Crippen molar-refractivity contribution in [3.8, 4) is 5.75 Å². The fraction of sp³-hybridized carbons (Fsp3) is 0.444. The van der Waals surface area contributed by atoms with E-state index in [1.165, 1.54) is 0 Å². The molecule has 25 heavy (non-hydrogen) atoms. The van der Waals surface area contributed by atoms with Crippen LogP contribution in [0.4, 0.5) is 5.69 Å². The van der Waals surface area contributed by atoms with E-state index in [9.17, 15) is 4.79 Å². The van der Waals surface area contributed by atoms with Gasteiger partial charge in [-0.3, -0.25) is 9.48 Å². The average molecular weight is 342 g/mol. The number of nitrogens with zero attached hydrogens (tertiary/aromatic N) is 2. The molecule has 7 heteroatoms. The normalized spacial score (nSPS) is 18.6. The lowest BCUT2D eigenvalue weighted by molar-refractivity contribution is -0.109. The highest BCUT2D eigenvalue weighted by atomic mass is 16.5.